The van der Waals surface area contributed by atoms with E-state index in [0.717, 1.165) is 25.1 Å². The lowest BCUT2D eigenvalue weighted by Crippen LogP contribution is -2.45. The van der Waals surface area contributed by atoms with Gasteiger partial charge >= 0.3 is 6.18 Å². The van der Waals surface area contributed by atoms with E-state index in [0.29, 0.717) is 6.07 Å². The van der Waals surface area contributed by atoms with Gasteiger partial charge in [-0.25, -0.2) is 8.42 Å². The van der Waals surface area contributed by atoms with Crippen LogP contribution in [0.4, 0.5) is 24.5 Å². The van der Waals surface area contributed by atoms with Gasteiger partial charge in [-0.3, -0.25) is 9.59 Å². The average molecular weight is 504 g/mol. The number of nitrogens with zero attached hydrogens (tertiary/aromatic N) is 1. The van der Waals surface area contributed by atoms with Gasteiger partial charge in [-0.2, -0.15) is 18.4 Å². The number of nitriles is 1. The molecule has 8 nitrogen and oxygen atoms in total. The quantitative estimate of drug-likeness (QED) is 0.497. The summed E-state index contributed by atoms with van der Waals surface area (Å²) in [6.07, 6.45) is -4.87. The summed E-state index contributed by atoms with van der Waals surface area (Å²) in [5, 5.41) is 23.7. The Bertz CT molecular complexity index is 1220. The number of rotatable bonds is 7. The first-order chi connectivity index (χ1) is 15.2. The zero-order chi connectivity index (χ0) is 25.0. The van der Waals surface area contributed by atoms with Crippen molar-refractivity contribution >= 4 is 44.6 Å². The van der Waals surface area contributed by atoms with Gasteiger partial charge in [0, 0.05) is 11.4 Å². The van der Waals surface area contributed by atoms with E-state index in [1.807, 2.05) is 5.32 Å². The van der Waals surface area contributed by atoms with Crippen molar-refractivity contribution in [2.45, 2.75) is 23.6 Å². The van der Waals surface area contributed by atoms with Crippen molar-refractivity contribution in [1.29, 1.82) is 5.26 Å². The van der Waals surface area contributed by atoms with Crippen LogP contribution in [0.3, 0.4) is 0 Å². The minimum Gasteiger partial charge on any atom is -0.379 e. The average Bonchev–Trinajstić information content (AvgIpc) is 2.72. The molecule has 1 atom stereocenters. The van der Waals surface area contributed by atoms with E-state index in [4.69, 9.17) is 16.9 Å². The van der Waals surface area contributed by atoms with Crippen molar-refractivity contribution in [2.75, 3.05) is 22.3 Å². The van der Waals surface area contributed by atoms with Crippen molar-refractivity contribution in [1.82, 2.24) is 0 Å². The molecule has 0 aliphatic rings. The highest BCUT2D eigenvalue weighted by Gasteiger charge is 2.38. The summed E-state index contributed by atoms with van der Waals surface area (Å²) in [6, 6.07) is 8.74. The lowest BCUT2D eigenvalue weighted by Gasteiger charge is -2.23. The Labute approximate surface area is 191 Å². The number of carbonyl (C=O) groups is 2. The molecule has 0 aromatic heterocycles. The van der Waals surface area contributed by atoms with E-state index in [1.54, 1.807) is 0 Å². The minimum absolute atomic E-state index is 0.114. The molecular weight excluding hydrogens is 487 g/mol. The summed E-state index contributed by atoms with van der Waals surface area (Å²) in [5.74, 6) is -3.34. The number of amides is 2. The second kappa shape index (κ2) is 9.78. The second-order valence-electron chi connectivity index (χ2n) is 7.07. The van der Waals surface area contributed by atoms with Crippen LogP contribution in [-0.4, -0.2) is 42.6 Å². The predicted octanol–water partition coefficient (Wildman–Crippen LogP) is 2.92. The van der Waals surface area contributed by atoms with E-state index in [2.05, 4.69) is 5.32 Å². The maximum Gasteiger partial charge on any atom is 0.417 e. The van der Waals surface area contributed by atoms with E-state index >= 15 is 0 Å². The molecule has 0 aliphatic heterocycles. The normalized spacial score (nSPS) is 13.5. The SMILES string of the molecule is CC(O)(CS(=O)(=O)c1cccc(NC(=O)CCl)c1)C(=O)Nc1ccc(C#N)c(C(F)(F)F)c1. The van der Waals surface area contributed by atoms with E-state index < -0.39 is 56.0 Å². The molecule has 0 fully saturated rings. The fourth-order valence-corrected chi connectivity index (χ4v) is 4.40. The highest BCUT2D eigenvalue weighted by molar-refractivity contribution is 7.91. The molecule has 2 rings (SSSR count). The minimum atomic E-state index is -4.87. The molecule has 0 saturated carbocycles. The fourth-order valence-electron chi connectivity index (χ4n) is 2.70. The standard InChI is InChI=1S/C20H17ClF3N3O5S/c1-19(30,11-33(31,32)15-4-2-3-13(7-15)26-17(28)9-21)18(29)27-14-6-5-12(10-25)16(8-14)20(22,23)24/h2-8,30H,9,11H2,1H3,(H,26,28)(H,27,29). The van der Waals surface area contributed by atoms with Crippen LogP contribution in [0.15, 0.2) is 47.4 Å². The first kappa shape index (κ1) is 26.1. The van der Waals surface area contributed by atoms with Crippen molar-refractivity contribution in [3.8, 4) is 6.07 Å². The van der Waals surface area contributed by atoms with Crippen LogP contribution in [-0.2, 0) is 25.6 Å². The maximum absolute atomic E-state index is 13.1. The number of aliphatic hydroxyl groups is 1. The van der Waals surface area contributed by atoms with Crippen molar-refractivity contribution < 1.29 is 36.3 Å². The number of nitrogens with one attached hydrogen (secondary N) is 2. The maximum atomic E-state index is 13.1. The van der Waals surface area contributed by atoms with Crippen LogP contribution in [0.25, 0.3) is 0 Å². The molecule has 33 heavy (non-hydrogen) atoms. The Morgan fingerprint density at radius 1 is 1.12 bits per heavy atom. The number of anilines is 2. The molecule has 3 N–H and O–H groups in total. The van der Waals surface area contributed by atoms with Gasteiger partial charge in [0.2, 0.25) is 5.91 Å². The Morgan fingerprint density at radius 3 is 2.33 bits per heavy atom. The number of hydrogen-bond donors (Lipinski definition) is 3. The molecule has 0 saturated heterocycles. The third-order valence-electron chi connectivity index (χ3n) is 4.26. The number of alkyl halides is 4. The summed E-state index contributed by atoms with van der Waals surface area (Å²) in [4.78, 5) is 23.5. The summed E-state index contributed by atoms with van der Waals surface area (Å²) >= 11 is 5.39. The largest absolute Gasteiger partial charge is 0.417 e. The molecule has 0 aliphatic carbocycles. The molecule has 13 heteroatoms. The molecule has 2 amide bonds. The van der Waals surface area contributed by atoms with Crippen LogP contribution in [0, 0.1) is 11.3 Å². The van der Waals surface area contributed by atoms with Crippen molar-refractivity contribution in [3.05, 3.63) is 53.6 Å². The molecule has 0 spiro atoms. The van der Waals surface area contributed by atoms with Gasteiger partial charge in [0.25, 0.3) is 5.91 Å². The monoisotopic (exact) mass is 503 g/mol. The number of sulfone groups is 1. The lowest BCUT2D eigenvalue weighted by molar-refractivity contribution is -0.137. The van der Waals surface area contributed by atoms with E-state index in [1.165, 1.54) is 24.3 Å². The zero-order valence-corrected chi connectivity index (χ0v) is 18.5. The highest BCUT2D eigenvalue weighted by atomic mass is 35.5. The third kappa shape index (κ3) is 6.67. The molecule has 1 unspecified atom stereocenters. The number of benzene rings is 2. The first-order valence-electron chi connectivity index (χ1n) is 9.03. The van der Waals surface area contributed by atoms with Crippen molar-refractivity contribution in [2.24, 2.45) is 0 Å². The van der Waals surface area contributed by atoms with Gasteiger partial charge in [0.15, 0.2) is 15.4 Å². The Kier molecular flexibility index (Phi) is 7.74. The van der Waals surface area contributed by atoms with Crippen LogP contribution in [0.5, 0.6) is 0 Å². The van der Waals surface area contributed by atoms with Gasteiger partial charge in [-0.15, -0.1) is 11.6 Å². The second-order valence-corrected chi connectivity index (χ2v) is 9.32. The Hall–Kier alpha value is -3.14. The Morgan fingerprint density at radius 2 is 1.76 bits per heavy atom. The molecule has 0 bridgehead atoms. The summed E-state index contributed by atoms with van der Waals surface area (Å²) < 4.78 is 64.8. The molecule has 2 aromatic rings. The zero-order valence-electron chi connectivity index (χ0n) is 16.9. The number of halogens is 4. The summed E-state index contributed by atoms with van der Waals surface area (Å²) in [6.45, 7) is 0.882. The Balaban J connectivity index is 2.25. The topological polar surface area (TPSA) is 136 Å². The van der Waals surface area contributed by atoms with Crippen LogP contribution in [0.2, 0.25) is 0 Å². The van der Waals surface area contributed by atoms with Gasteiger partial charge in [0.05, 0.1) is 27.8 Å². The van der Waals surface area contributed by atoms with Crippen molar-refractivity contribution in [3.63, 3.8) is 0 Å². The summed E-state index contributed by atoms with van der Waals surface area (Å²) in [5.41, 5.74) is -4.79. The van der Waals surface area contributed by atoms with Crippen LogP contribution < -0.4 is 10.6 Å². The highest BCUT2D eigenvalue weighted by Crippen LogP contribution is 2.33. The van der Waals surface area contributed by atoms with Gasteiger partial charge in [-0.05, 0) is 43.3 Å². The predicted molar refractivity (Wildman–Crippen MR) is 113 cm³/mol. The third-order valence-corrected chi connectivity index (χ3v) is 6.42. The molecular formula is C20H17ClF3N3O5S. The molecule has 0 heterocycles. The van der Waals surface area contributed by atoms with Crippen LogP contribution in [0.1, 0.15) is 18.1 Å². The summed E-state index contributed by atoms with van der Waals surface area (Å²) in [7, 11) is -4.28. The first-order valence-corrected chi connectivity index (χ1v) is 11.2. The molecule has 0 radical (unpaired) electrons. The van der Waals surface area contributed by atoms with Gasteiger partial charge in [0.1, 0.15) is 5.88 Å². The van der Waals surface area contributed by atoms with E-state index in [-0.39, 0.29) is 16.5 Å². The number of carbonyl (C=O) groups excluding carboxylic acids is 2. The molecule has 176 valence electrons. The van der Waals surface area contributed by atoms with Gasteiger partial charge in [-0.1, -0.05) is 6.07 Å². The number of hydrogen-bond acceptors (Lipinski definition) is 6. The lowest BCUT2D eigenvalue weighted by atomic mass is 10.1. The van der Waals surface area contributed by atoms with Gasteiger partial charge < -0.3 is 15.7 Å². The van der Waals surface area contributed by atoms with Crippen LogP contribution >= 0.6 is 11.6 Å². The fraction of sp³-hybridized carbons (Fsp3) is 0.250. The smallest absolute Gasteiger partial charge is 0.379 e. The van der Waals surface area contributed by atoms with E-state index in [9.17, 15) is 36.3 Å². The molecule has 2 aromatic carbocycles.